The Labute approximate surface area is 79.7 Å². The Balaban J connectivity index is 3.34. The van der Waals surface area contributed by atoms with Gasteiger partial charge in [0.15, 0.2) is 0 Å². The minimum atomic E-state index is -0.397. The van der Waals surface area contributed by atoms with Gasteiger partial charge in [0.2, 0.25) is 0 Å². The van der Waals surface area contributed by atoms with E-state index in [4.69, 9.17) is 9.47 Å². The maximum Gasteiger partial charge on any atom is 0.330 e. The highest BCUT2D eigenvalue weighted by Gasteiger charge is 2.05. The highest BCUT2D eigenvalue weighted by molar-refractivity contribution is 5.81. The second kappa shape index (κ2) is 7.80. The third-order valence-corrected chi connectivity index (χ3v) is 1.48. The van der Waals surface area contributed by atoms with Gasteiger partial charge in [0.05, 0.1) is 6.61 Å². The Morgan fingerprint density at radius 2 is 2.31 bits per heavy atom. The number of hydrogen-bond donors (Lipinski definition) is 0. The first-order valence-electron chi connectivity index (χ1n) is 4.61. The van der Waals surface area contributed by atoms with Crippen LogP contribution in [-0.2, 0) is 14.3 Å². The van der Waals surface area contributed by atoms with Crippen molar-refractivity contribution >= 4 is 5.97 Å². The number of ether oxygens (including phenoxy) is 2. The molecule has 3 heteroatoms. The smallest absolute Gasteiger partial charge is 0.330 e. The van der Waals surface area contributed by atoms with Crippen molar-refractivity contribution in [1.29, 1.82) is 0 Å². The van der Waals surface area contributed by atoms with Crippen LogP contribution >= 0.6 is 0 Å². The minimum Gasteiger partial charge on any atom is -0.457 e. The van der Waals surface area contributed by atoms with Crippen molar-refractivity contribution in [2.45, 2.75) is 32.8 Å². The van der Waals surface area contributed by atoms with Crippen LogP contribution in [0.1, 0.15) is 26.7 Å². The van der Waals surface area contributed by atoms with Gasteiger partial charge in [-0.25, -0.2) is 4.79 Å². The topological polar surface area (TPSA) is 35.5 Å². The summed E-state index contributed by atoms with van der Waals surface area (Å²) >= 11 is 0. The zero-order valence-electron chi connectivity index (χ0n) is 8.41. The Bertz CT molecular complexity index is 154. The molecule has 0 bridgehead atoms. The fourth-order valence-electron chi connectivity index (χ4n) is 0.776. The summed E-state index contributed by atoms with van der Waals surface area (Å²) in [5.74, 6) is -0.397. The first-order chi connectivity index (χ1) is 6.20. The lowest BCUT2D eigenvalue weighted by atomic mass is 10.3. The molecule has 1 atom stereocenters. The van der Waals surface area contributed by atoms with Gasteiger partial charge in [-0.05, 0) is 13.3 Å². The van der Waals surface area contributed by atoms with E-state index in [0.717, 1.165) is 25.5 Å². The number of carbonyl (C=O) groups is 1. The Morgan fingerprint density at radius 3 is 2.85 bits per heavy atom. The monoisotopic (exact) mass is 186 g/mol. The van der Waals surface area contributed by atoms with Crippen LogP contribution in [0.15, 0.2) is 12.7 Å². The summed E-state index contributed by atoms with van der Waals surface area (Å²) in [7, 11) is 0. The molecule has 0 N–H and O–H groups in total. The lowest BCUT2D eigenvalue weighted by molar-refractivity contribution is -0.144. The molecule has 0 fully saturated rings. The molecule has 0 heterocycles. The van der Waals surface area contributed by atoms with Crippen molar-refractivity contribution in [3.63, 3.8) is 0 Å². The van der Waals surface area contributed by atoms with E-state index in [0.29, 0.717) is 6.61 Å². The van der Waals surface area contributed by atoms with E-state index in [1.807, 2.05) is 0 Å². The van der Waals surface area contributed by atoms with E-state index in [-0.39, 0.29) is 6.10 Å². The van der Waals surface area contributed by atoms with Gasteiger partial charge in [0, 0.05) is 12.7 Å². The van der Waals surface area contributed by atoms with Crippen LogP contribution in [0.4, 0.5) is 0 Å². The lowest BCUT2D eigenvalue weighted by Gasteiger charge is -2.11. The molecular formula is C10H18O3. The molecule has 76 valence electrons. The van der Waals surface area contributed by atoms with Crippen molar-refractivity contribution in [2.24, 2.45) is 0 Å². The molecule has 0 aliphatic heterocycles. The summed E-state index contributed by atoms with van der Waals surface area (Å²) in [6.45, 7) is 8.40. The second-order valence-electron chi connectivity index (χ2n) is 2.88. The molecule has 0 radical (unpaired) electrons. The molecule has 0 aromatic heterocycles. The maximum absolute atomic E-state index is 10.7. The number of hydrogen-bond acceptors (Lipinski definition) is 3. The number of unbranched alkanes of at least 4 members (excludes halogenated alkanes) is 1. The number of esters is 1. The average Bonchev–Trinajstić information content (AvgIpc) is 2.12. The van der Waals surface area contributed by atoms with Gasteiger partial charge < -0.3 is 9.47 Å². The van der Waals surface area contributed by atoms with Gasteiger partial charge in [0.25, 0.3) is 0 Å². The van der Waals surface area contributed by atoms with E-state index in [1.54, 1.807) is 6.92 Å². The van der Waals surface area contributed by atoms with E-state index in [2.05, 4.69) is 13.5 Å². The van der Waals surface area contributed by atoms with Crippen LogP contribution in [-0.4, -0.2) is 25.3 Å². The standard InChI is InChI=1S/C10H18O3/c1-4-6-7-12-8-9(3)13-10(11)5-2/h5,9H,2,4,6-8H2,1,3H3. The molecule has 1 unspecified atom stereocenters. The van der Waals surface area contributed by atoms with Crippen molar-refractivity contribution in [3.8, 4) is 0 Å². The van der Waals surface area contributed by atoms with Crippen LogP contribution in [0.5, 0.6) is 0 Å². The molecule has 0 aromatic rings. The molecule has 13 heavy (non-hydrogen) atoms. The summed E-state index contributed by atoms with van der Waals surface area (Å²) < 4.78 is 10.2. The summed E-state index contributed by atoms with van der Waals surface area (Å²) in [4.78, 5) is 10.7. The maximum atomic E-state index is 10.7. The highest BCUT2D eigenvalue weighted by atomic mass is 16.6. The van der Waals surface area contributed by atoms with Gasteiger partial charge in [-0.2, -0.15) is 0 Å². The van der Waals surface area contributed by atoms with Crippen molar-refractivity contribution in [2.75, 3.05) is 13.2 Å². The van der Waals surface area contributed by atoms with E-state index >= 15 is 0 Å². The highest BCUT2D eigenvalue weighted by Crippen LogP contribution is 1.95. The second-order valence-corrected chi connectivity index (χ2v) is 2.88. The fraction of sp³-hybridized carbons (Fsp3) is 0.700. The molecule has 0 aliphatic rings. The molecular weight excluding hydrogens is 168 g/mol. The first-order valence-corrected chi connectivity index (χ1v) is 4.61. The molecule has 0 rings (SSSR count). The minimum absolute atomic E-state index is 0.192. The van der Waals surface area contributed by atoms with Crippen LogP contribution in [0.25, 0.3) is 0 Å². The zero-order chi connectivity index (χ0) is 10.1. The Kier molecular flexibility index (Phi) is 7.30. The average molecular weight is 186 g/mol. The molecule has 0 aromatic carbocycles. The van der Waals surface area contributed by atoms with E-state index in [1.165, 1.54) is 0 Å². The van der Waals surface area contributed by atoms with Gasteiger partial charge in [0.1, 0.15) is 6.10 Å². The van der Waals surface area contributed by atoms with Crippen molar-refractivity contribution in [1.82, 2.24) is 0 Å². The SMILES string of the molecule is C=CC(=O)OC(C)COCCCC. The summed E-state index contributed by atoms with van der Waals surface area (Å²) in [5, 5.41) is 0. The molecule has 0 amide bonds. The number of carbonyl (C=O) groups excluding carboxylic acids is 1. The van der Waals surface area contributed by atoms with E-state index in [9.17, 15) is 4.79 Å². The summed E-state index contributed by atoms with van der Waals surface area (Å²) in [6, 6.07) is 0. The molecule has 0 aliphatic carbocycles. The quantitative estimate of drug-likeness (QED) is 0.346. The van der Waals surface area contributed by atoms with Crippen LogP contribution in [0, 0.1) is 0 Å². The normalized spacial score (nSPS) is 12.2. The summed E-state index contributed by atoms with van der Waals surface area (Å²) in [5.41, 5.74) is 0. The summed E-state index contributed by atoms with van der Waals surface area (Å²) in [6.07, 6.45) is 3.12. The van der Waals surface area contributed by atoms with Gasteiger partial charge in [-0.3, -0.25) is 0 Å². The van der Waals surface area contributed by atoms with Gasteiger partial charge >= 0.3 is 5.97 Å². The third-order valence-electron chi connectivity index (χ3n) is 1.48. The largest absolute Gasteiger partial charge is 0.457 e. The van der Waals surface area contributed by atoms with Crippen LogP contribution < -0.4 is 0 Å². The molecule has 0 spiro atoms. The third kappa shape index (κ3) is 7.53. The molecule has 3 nitrogen and oxygen atoms in total. The lowest BCUT2D eigenvalue weighted by Crippen LogP contribution is -2.19. The van der Waals surface area contributed by atoms with Crippen molar-refractivity contribution in [3.05, 3.63) is 12.7 Å². The van der Waals surface area contributed by atoms with Gasteiger partial charge in [-0.1, -0.05) is 19.9 Å². The van der Waals surface area contributed by atoms with Crippen molar-refractivity contribution < 1.29 is 14.3 Å². The predicted octanol–water partition coefficient (Wildman–Crippen LogP) is 1.92. The van der Waals surface area contributed by atoms with Crippen LogP contribution in [0.2, 0.25) is 0 Å². The Morgan fingerprint density at radius 1 is 1.62 bits per heavy atom. The predicted molar refractivity (Wildman–Crippen MR) is 51.5 cm³/mol. The Hall–Kier alpha value is -0.830. The van der Waals surface area contributed by atoms with E-state index < -0.39 is 5.97 Å². The number of rotatable bonds is 7. The van der Waals surface area contributed by atoms with Crippen LogP contribution in [0.3, 0.4) is 0 Å². The molecule has 0 saturated carbocycles. The first kappa shape index (κ1) is 12.2. The van der Waals surface area contributed by atoms with Gasteiger partial charge in [-0.15, -0.1) is 0 Å². The fourth-order valence-corrected chi connectivity index (χ4v) is 0.776. The zero-order valence-corrected chi connectivity index (χ0v) is 8.41. The molecule has 0 saturated heterocycles.